The van der Waals surface area contributed by atoms with Gasteiger partial charge in [0.05, 0.1) is 6.20 Å². The minimum atomic E-state index is -4.51. The predicted octanol–water partition coefficient (Wildman–Crippen LogP) is 3.42. The van der Waals surface area contributed by atoms with Gasteiger partial charge in [0.2, 0.25) is 5.91 Å². The molecule has 0 unspecified atom stereocenters. The number of fused-ring (bicyclic) bond motifs is 1. The maximum Gasteiger partial charge on any atom is 0.405 e. The minimum absolute atomic E-state index is 0.207. The molecule has 0 bridgehead atoms. The maximum absolute atomic E-state index is 13.5. The molecule has 0 saturated heterocycles. The van der Waals surface area contributed by atoms with Crippen molar-refractivity contribution in [2.75, 3.05) is 11.9 Å². The zero-order valence-corrected chi connectivity index (χ0v) is 15.6. The van der Waals surface area contributed by atoms with Gasteiger partial charge in [0.25, 0.3) is 0 Å². The zero-order chi connectivity index (χ0) is 21.2. The zero-order valence-electron chi connectivity index (χ0n) is 15.6. The second-order valence-electron chi connectivity index (χ2n) is 6.63. The molecule has 1 amide bonds. The van der Waals surface area contributed by atoms with Crippen LogP contribution in [-0.2, 0) is 4.79 Å². The Labute approximate surface area is 163 Å². The molecule has 0 radical (unpaired) electrons. The van der Waals surface area contributed by atoms with Gasteiger partial charge in [0.1, 0.15) is 29.4 Å². The van der Waals surface area contributed by atoms with Crippen molar-refractivity contribution in [2.45, 2.75) is 32.0 Å². The highest BCUT2D eigenvalue weighted by Crippen LogP contribution is 2.27. The summed E-state index contributed by atoms with van der Waals surface area (Å²) in [7, 11) is 0. The SMILES string of the molecule is CC[C@@](C)(Nc1ccnc(-c2c[nH]c3ncc(F)cc23)n1)C(=O)NCC(F)(F)F. The number of rotatable bonds is 6. The van der Waals surface area contributed by atoms with Crippen molar-refractivity contribution < 1.29 is 22.4 Å². The van der Waals surface area contributed by atoms with Crippen LogP contribution in [0.3, 0.4) is 0 Å². The molecule has 0 aliphatic rings. The van der Waals surface area contributed by atoms with E-state index in [-0.39, 0.29) is 18.1 Å². The number of alkyl halides is 3. The summed E-state index contributed by atoms with van der Waals surface area (Å²) in [5.41, 5.74) is -0.381. The summed E-state index contributed by atoms with van der Waals surface area (Å²) >= 11 is 0. The second kappa shape index (κ2) is 7.64. The Balaban J connectivity index is 1.86. The number of carbonyl (C=O) groups excluding carboxylic acids is 1. The molecule has 0 aromatic carbocycles. The summed E-state index contributed by atoms with van der Waals surface area (Å²) in [5, 5.41) is 5.23. The van der Waals surface area contributed by atoms with Crippen LogP contribution >= 0.6 is 0 Å². The molecule has 3 aromatic rings. The summed E-state index contributed by atoms with van der Waals surface area (Å²) in [5.74, 6) is -0.855. The monoisotopic (exact) mass is 410 g/mol. The normalized spacial score (nSPS) is 13.9. The minimum Gasteiger partial charge on any atom is -0.356 e. The molecule has 11 heteroatoms. The highest BCUT2D eigenvalue weighted by atomic mass is 19.4. The molecule has 0 aliphatic heterocycles. The van der Waals surface area contributed by atoms with Crippen LogP contribution < -0.4 is 10.6 Å². The highest BCUT2D eigenvalue weighted by Gasteiger charge is 2.35. The van der Waals surface area contributed by atoms with Crippen molar-refractivity contribution >= 4 is 22.8 Å². The van der Waals surface area contributed by atoms with Crippen LogP contribution in [0.15, 0.2) is 30.7 Å². The first-order valence-electron chi connectivity index (χ1n) is 8.70. The molecule has 0 spiro atoms. The third-order valence-corrected chi connectivity index (χ3v) is 4.46. The summed E-state index contributed by atoms with van der Waals surface area (Å²) in [4.78, 5) is 27.6. The smallest absolute Gasteiger partial charge is 0.356 e. The number of hydrogen-bond acceptors (Lipinski definition) is 5. The average molecular weight is 410 g/mol. The number of nitrogens with one attached hydrogen (secondary N) is 3. The van der Waals surface area contributed by atoms with E-state index in [1.54, 1.807) is 13.1 Å². The molecule has 3 heterocycles. The number of pyridine rings is 1. The fraction of sp³-hybridized carbons (Fsp3) is 0.333. The van der Waals surface area contributed by atoms with Gasteiger partial charge < -0.3 is 15.6 Å². The van der Waals surface area contributed by atoms with Crippen molar-refractivity contribution in [3.05, 3.63) is 36.5 Å². The van der Waals surface area contributed by atoms with Crippen LogP contribution in [0, 0.1) is 5.82 Å². The van der Waals surface area contributed by atoms with Gasteiger partial charge in [0.15, 0.2) is 5.82 Å². The van der Waals surface area contributed by atoms with Crippen LogP contribution in [0.1, 0.15) is 20.3 Å². The molecule has 3 aromatic heterocycles. The van der Waals surface area contributed by atoms with Crippen molar-refractivity contribution in [1.29, 1.82) is 0 Å². The van der Waals surface area contributed by atoms with E-state index in [1.165, 1.54) is 25.3 Å². The number of carbonyl (C=O) groups is 1. The van der Waals surface area contributed by atoms with E-state index in [0.717, 1.165) is 6.20 Å². The molecule has 154 valence electrons. The number of amides is 1. The molecular weight excluding hydrogens is 392 g/mol. The first-order chi connectivity index (χ1) is 13.6. The summed E-state index contributed by atoms with van der Waals surface area (Å²) < 4.78 is 50.8. The summed E-state index contributed by atoms with van der Waals surface area (Å²) in [6, 6.07) is 2.78. The van der Waals surface area contributed by atoms with Crippen molar-refractivity contribution in [3.63, 3.8) is 0 Å². The number of hydrogen-bond donors (Lipinski definition) is 3. The van der Waals surface area contributed by atoms with Crippen molar-refractivity contribution in [1.82, 2.24) is 25.3 Å². The Kier molecular flexibility index (Phi) is 5.40. The van der Waals surface area contributed by atoms with Gasteiger partial charge in [-0.05, 0) is 25.5 Å². The molecular formula is C18H18F4N6O. The van der Waals surface area contributed by atoms with Crippen LogP contribution in [0.4, 0.5) is 23.4 Å². The summed E-state index contributed by atoms with van der Waals surface area (Å²) in [6.07, 6.45) is -0.220. The van der Waals surface area contributed by atoms with Gasteiger partial charge in [-0.3, -0.25) is 4.79 Å². The van der Waals surface area contributed by atoms with Crippen molar-refractivity contribution in [3.8, 4) is 11.4 Å². The van der Waals surface area contributed by atoms with E-state index in [4.69, 9.17) is 0 Å². The fourth-order valence-corrected chi connectivity index (χ4v) is 2.68. The van der Waals surface area contributed by atoms with E-state index in [1.807, 2.05) is 5.32 Å². The van der Waals surface area contributed by atoms with E-state index < -0.39 is 30.0 Å². The van der Waals surface area contributed by atoms with E-state index in [0.29, 0.717) is 16.6 Å². The standard InChI is InChI=1S/C18H18F4N6O/c1-3-17(2,16(29)26-9-18(20,21)22)28-13-4-5-23-15(27-13)12-8-25-14-11(12)6-10(19)7-24-14/h4-8H,3,9H2,1-2H3,(H,24,25)(H,26,29)(H,23,27,28)/t17-/m1/s1. The number of anilines is 1. The Hall–Kier alpha value is -3.24. The largest absolute Gasteiger partial charge is 0.405 e. The molecule has 29 heavy (non-hydrogen) atoms. The fourth-order valence-electron chi connectivity index (χ4n) is 2.68. The van der Waals surface area contributed by atoms with Crippen LogP contribution in [-0.4, -0.2) is 44.1 Å². The van der Waals surface area contributed by atoms with Gasteiger partial charge in [-0.25, -0.2) is 19.3 Å². The first-order valence-corrected chi connectivity index (χ1v) is 8.70. The third kappa shape index (κ3) is 4.61. The molecule has 7 nitrogen and oxygen atoms in total. The molecule has 0 aliphatic carbocycles. The van der Waals surface area contributed by atoms with E-state index in [9.17, 15) is 22.4 Å². The Morgan fingerprint density at radius 2 is 2.03 bits per heavy atom. The highest BCUT2D eigenvalue weighted by molar-refractivity contribution is 5.92. The molecule has 0 saturated carbocycles. The van der Waals surface area contributed by atoms with Gasteiger partial charge in [0, 0.05) is 23.3 Å². The van der Waals surface area contributed by atoms with E-state index in [2.05, 4.69) is 25.3 Å². The number of halogens is 4. The molecule has 1 atom stereocenters. The third-order valence-electron chi connectivity index (χ3n) is 4.46. The van der Waals surface area contributed by atoms with Crippen LogP contribution in [0.5, 0.6) is 0 Å². The number of aromatic nitrogens is 4. The van der Waals surface area contributed by atoms with E-state index >= 15 is 0 Å². The maximum atomic E-state index is 13.5. The molecule has 3 rings (SSSR count). The van der Waals surface area contributed by atoms with Gasteiger partial charge in [-0.2, -0.15) is 13.2 Å². The quantitative estimate of drug-likeness (QED) is 0.542. The van der Waals surface area contributed by atoms with Gasteiger partial charge >= 0.3 is 6.18 Å². The van der Waals surface area contributed by atoms with Crippen LogP contribution in [0.25, 0.3) is 22.4 Å². The number of H-pyrrole nitrogens is 1. The Morgan fingerprint density at radius 3 is 2.72 bits per heavy atom. The predicted molar refractivity (Wildman–Crippen MR) is 98.5 cm³/mol. The number of nitrogens with zero attached hydrogens (tertiary/aromatic N) is 3. The van der Waals surface area contributed by atoms with Crippen LogP contribution in [0.2, 0.25) is 0 Å². The lowest BCUT2D eigenvalue weighted by Crippen LogP contribution is -2.52. The lowest BCUT2D eigenvalue weighted by atomic mass is 9.97. The topological polar surface area (TPSA) is 95.6 Å². The Bertz CT molecular complexity index is 1030. The Morgan fingerprint density at radius 1 is 1.28 bits per heavy atom. The lowest BCUT2D eigenvalue weighted by Gasteiger charge is -2.29. The number of aromatic amines is 1. The van der Waals surface area contributed by atoms with Crippen molar-refractivity contribution in [2.24, 2.45) is 0 Å². The van der Waals surface area contributed by atoms with Gasteiger partial charge in [-0.15, -0.1) is 0 Å². The van der Waals surface area contributed by atoms with Gasteiger partial charge in [-0.1, -0.05) is 6.92 Å². The molecule has 0 fully saturated rings. The molecule has 3 N–H and O–H groups in total. The summed E-state index contributed by atoms with van der Waals surface area (Å²) in [6.45, 7) is 1.72. The lowest BCUT2D eigenvalue weighted by molar-refractivity contribution is -0.140. The second-order valence-corrected chi connectivity index (χ2v) is 6.63. The first kappa shape index (κ1) is 20.5. The average Bonchev–Trinajstić information content (AvgIpc) is 3.08.